The van der Waals surface area contributed by atoms with Crippen molar-refractivity contribution in [3.05, 3.63) is 99.4 Å². The lowest BCUT2D eigenvalue weighted by molar-refractivity contribution is -0.386. The number of nitro benzene ring substituents is 1. The van der Waals surface area contributed by atoms with Crippen LogP contribution in [-0.4, -0.2) is 23.4 Å². The zero-order valence-electron chi connectivity index (χ0n) is 17.7. The molecule has 0 aromatic heterocycles. The van der Waals surface area contributed by atoms with Crippen molar-refractivity contribution >= 4 is 28.8 Å². The Morgan fingerprint density at radius 2 is 1.94 bits per heavy atom. The van der Waals surface area contributed by atoms with Crippen molar-refractivity contribution < 1.29 is 18.8 Å². The molecule has 33 heavy (non-hydrogen) atoms. The number of methoxy groups -OCH3 is 1. The van der Waals surface area contributed by atoms with Crippen LogP contribution >= 0.6 is 11.8 Å². The average molecular weight is 469 g/mol. The largest absolute Gasteiger partial charge is 0.496 e. The summed E-state index contributed by atoms with van der Waals surface area (Å²) < 4.78 is 24.4. The molecule has 0 atom stereocenters. The lowest BCUT2D eigenvalue weighted by atomic mass is 10.1. The van der Waals surface area contributed by atoms with Crippen LogP contribution in [0.25, 0.3) is 0 Å². The number of rotatable bonds is 9. The third-order valence-electron chi connectivity index (χ3n) is 4.40. The van der Waals surface area contributed by atoms with Gasteiger partial charge in [0.15, 0.2) is 10.9 Å². The molecule has 10 heteroatoms. The van der Waals surface area contributed by atoms with Crippen molar-refractivity contribution in [2.45, 2.75) is 12.4 Å². The lowest BCUT2D eigenvalue weighted by Gasteiger charge is -2.11. The first-order valence-electron chi connectivity index (χ1n) is 9.73. The van der Waals surface area contributed by atoms with Crippen LogP contribution in [0.15, 0.2) is 76.9 Å². The molecule has 3 rings (SSSR count). The summed E-state index contributed by atoms with van der Waals surface area (Å²) in [7, 11) is 1.49. The first kappa shape index (κ1) is 23.7. The van der Waals surface area contributed by atoms with Crippen molar-refractivity contribution in [3.63, 3.8) is 0 Å². The number of hydrogen-bond donors (Lipinski definition) is 1. The Morgan fingerprint density at radius 1 is 1.15 bits per heavy atom. The van der Waals surface area contributed by atoms with Crippen molar-refractivity contribution in [1.29, 1.82) is 0 Å². The number of nitrogens with zero attached hydrogens (tertiary/aromatic N) is 3. The molecule has 0 aliphatic carbocycles. The van der Waals surface area contributed by atoms with Crippen LogP contribution in [0.1, 0.15) is 16.7 Å². The molecule has 0 spiro atoms. The molecule has 8 nitrogen and oxygen atoms in total. The van der Waals surface area contributed by atoms with Gasteiger partial charge in [-0.1, -0.05) is 42.1 Å². The van der Waals surface area contributed by atoms with E-state index in [1.54, 1.807) is 18.2 Å². The Kier molecular flexibility index (Phi) is 8.36. The Labute approximate surface area is 194 Å². The van der Waals surface area contributed by atoms with Crippen LogP contribution in [0.3, 0.4) is 0 Å². The van der Waals surface area contributed by atoms with Crippen LogP contribution < -0.4 is 15.2 Å². The summed E-state index contributed by atoms with van der Waals surface area (Å²) in [6, 6.07) is 18.1. The third kappa shape index (κ3) is 7.04. The van der Waals surface area contributed by atoms with Gasteiger partial charge in [0.25, 0.3) is 0 Å². The summed E-state index contributed by atoms with van der Waals surface area (Å²) in [5.41, 5.74) is 7.98. The predicted octanol–water partition coefficient (Wildman–Crippen LogP) is 4.90. The zero-order valence-corrected chi connectivity index (χ0v) is 18.5. The SMILES string of the molecule is COc1ccc(C=NN=C(N)SCc2ccccc2)cc1COc1cc(F)ccc1[N+](=O)[O-]. The number of benzene rings is 3. The Morgan fingerprint density at radius 3 is 2.67 bits per heavy atom. The predicted molar refractivity (Wildman–Crippen MR) is 127 cm³/mol. The van der Waals surface area contributed by atoms with E-state index >= 15 is 0 Å². The molecule has 170 valence electrons. The van der Waals surface area contributed by atoms with Crippen LogP contribution in [0.5, 0.6) is 11.5 Å². The van der Waals surface area contributed by atoms with E-state index in [0.717, 1.165) is 23.8 Å². The summed E-state index contributed by atoms with van der Waals surface area (Å²) >= 11 is 1.37. The number of nitrogens with two attached hydrogens (primary N) is 1. The molecule has 3 aromatic rings. The molecular formula is C23H21FN4O4S. The molecule has 0 heterocycles. The Bertz CT molecular complexity index is 1170. The second kappa shape index (κ2) is 11.6. The average Bonchev–Trinajstić information content (AvgIpc) is 2.82. The van der Waals surface area contributed by atoms with Gasteiger partial charge in [0.1, 0.15) is 18.2 Å². The van der Waals surface area contributed by atoms with Gasteiger partial charge in [-0.3, -0.25) is 10.1 Å². The van der Waals surface area contributed by atoms with Gasteiger partial charge in [0.2, 0.25) is 0 Å². The van der Waals surface area contributed by atoms with Crippen LogP contribution in [0.2, 0.25) is 0 Å². The first-order valence-corrected chi connectivity index (χ1v) is 10.7. The number of halogens is 1. The van der Waals surface area contributed by atoms with E-state index < -0.39 is 10.7 Å². The lowest BCUT2D eigenvalue weighted by Crippen LogP contribution is -2.06. The molecule has 2 N–H and O–H groups in total. The summed E-state index contributed by atoms with van der Waals surface area (Å²) in [5.74, 6) is 0.382. The Hall–Kier alpha value is -3.92. The van der Waals surface area contributed by atoms with E-state index in [-0.39, 0.29) is 18.0 Å². The summed E-state index contributed by atoms with van der Waals surface area (Å²) in [4.78, 5) is 10.5. The van der Waals surface area contributed by atoms with Gasteiger partial charge in [-0.2, -0.15) is 5.10 Å². The van der Waals surface area contributed by atoms with E-state index in [9.17, 15) is 14.5 Å². The molecule has 0 bridgehead atoms. The van der Waals surface area contributed by atoms with Crippen molar-refractivity contribution in [2.24, 2.45) is 15.9 Å². The molecule has 0 amide bonds. The van der Waals surface area contributed by atoms with Crippen LogP contribution in [0.4, 0.5) is 10.1 Å². The highest BCUT2D eigenvalue weighted by Crippen LogP contribution is 2.29. The standard InChI is InChI=1S/C23H21FN4O4S/c1-31-21-10-7-17(13-26-27-23(25)33-15-16-5-3-2-4-6-16)11-18(21)14-32-22-12-19(24)8-9-20(22)28(29)30/h2-13H,14-15H2,1H3,(H2,25,27). The second-order valence-corrected chi connectivity index (χ2v) is 7.68. The highest BCUT2D eigenvalue weighted by Gasteiger charge is 2.17. The minimum atomic E-state index is -0.635. The molecule has 3 aromatic carbocycles. The maximum absolute atomic E-state index is 13.5. The Balaban J connectivity index is 1.68. The van der Waals surface area contributed by atoms with Crippen LogP contribution in [-0.2, 0) is 12.4 Å². The second-order valence-electron chi connectivity index (χ2n) is 6.69. The molecule has 0 aliphatic heterocycles. The van der Waals surface area contributed by atoms with Gasteiger partial charge < -0.3 is 15.2 Å². The first-order chi connectivity index (χ1) is 16.0. The molecule has 0 unspecified atom stereocenters. The summed E-state index contributed by atoms with van der Waals surface area (Å²) in [6.45, 7) is -0.0759. The van der Waals surface area contributed by atoms with Crippen molar-refractivity contribution in [2.75, 3.05) is 7.11 Å². The highest BCUT2D eigenvalue weighted by atomic mass is 32.2. The number of ether oxygens (including phenoxy) is 2. The summed E-state index contributed by atoms with van der Waals surface area (Å²) in [5, 5.41) is 19.5. The van der Waals surface area contributed by atoms with Gasteiger partial charge >= 0.3 is 5.69 Å². The maximum Gasteiger partial charge on any atom is 0.311 e. The van der Waals surface area contributed by atoms with Crippen LogP contribution in [0, 0.1) is 15.9 Å². The quantitative estimate of drug-likeness (QED) is 0.207. The van der Waals surface area contributed by atoms with Gasteiger partial charge in [0.05, 0.1) is 18.2 Å². The smallest absolute Gasteiger partial charge is 0.311 e. The van der Waals surface area contributed by atoms with Gasteiger partial charge in [0, 0.05) is 23.4 Å². The van der Waals surface area contributed by atoms with Crippen molar-refractivity contribution in [1.82, 2.24) is 0 Å². The minimum Gasteiger partial charge on any atom is -0.496 e. The van der Waals surface area contributed by atoms with E-state index in [0.29, 0.717) is 27.8 Å². The molecule has 0 aliphatic rings. The molecular weight excluding hydrogens is 447 g/mol. The fraction of sp³-hybridized carbons (Fsp3) is 0.130. The fourth-order valence-corrected chi connectivity index (χ4v) is 3.43. The van der Waals surface area contributed by atoms with Crippen molar-refractivity contribution in [3.8, 4) is 11.5 Å². The van der Waals surface area contributed by atoms with Gasteiger partial charge in [-0.05, 0) is 35.4 Å². The number of nitro groups is 1. The van der Waals surface area contributed by atoms with E-state index in [4.69, 9.17) is 15.2 Å². The monoisotopic (exact) mass is 468 g/mol. The summed E-state index contributed by atoms with van der Waals surface area (Å²) in [6.07, 6.45) is 1.52. The van der Waals surface area contributed by atoms with Gasteiger partial charge in [-0.25, -0.2) is 4.39 Å². The molecule has 0 fully saturated rings. The van der Waals surface area contributed by atoms with E-state index in [1.165, 1.54) is 25.1 Å². The van der Waals surface area contributed by atoms with Gasteiger partial charge in [-0.15, -0.1) is 5.10 Å². The fourth-order valence-electron chi connectivity index (χ4n) is 2.81. The maximum atomic E-state index is 13.5. The van der Waals surface area contributed by atoms with E-state index in [1.807, 2.05) is 30.3 Å². The highest BCUT2D eigenvalue weighted by molar-refractivity contribution is 8.13. The molecule has 0 saturated heterocycles. The topological polar surface area (TPSA) is 112 Å². The molecule has 0 radical (unpaired) electrons. The minimum absolute atomic E-state index is 0.0759. The number of amidine groups is 1. The number of hydrogen-bond acceptors (Lipinski definition) is 7. The number of thioether (sulfide) groups is 1. The zero-order chi connectivity index (χ0) is 23.6. The normalized spacial score (nSPS) is 11.5. The third-order valence-corrected chi connectivity index (χ3v) is 5.25. The molecule has 0 saturated carbocycles. The van der Waals surface area contributed by atoms with E-state index in [2.05, 4.69) is 10.2 Å².